The average Bonchev–Trinajstić information content (AvgIpc) is 3.17. The first-order chi connectivity index (χ1) is 11.9. The van der Waals surface area contributed by atoms with Gasteiger partial charge in [-0.3, -0.25) is 19.7 Å². The number of benzene rings is 1. The van der Waals surface area contributed by atoms with Crippen molar-refractivity contribution in [2.24, 2.45) is 17.8 Å². The summed E-state index contributed by atoms with van der Waals surface area (Å²) in [5.74, 6) is 0.888. The van der Waals surface area contributed by atoms with Crippen LogP contribution in [0.25, 0.3) is 0 Å². The first kappa shape index (κ1) is 17.7. The zero-order chi connectivity index (χ0) is 18.0. The predicted octanol–water partition coefficient (Wildman–Crippen LogP) is 3.56. The number of fused-ring (bicyclic) bond motifs is 2. The summed E-state index contributed by atoms with van der Waals surface area (Å²) in [5, 5.41) is 13.2. The van der Waals surface area contributed by atoms with Gasteiger partial charge in [-0.05, 0) is 43.1 Å². The van der Waals surface area contributed by atoms with E-state index in [0.29, 0.717) is 18.3 Å². The summed E-state index contributed by atoms with van der Waals surface area (Å²) < 4.78 is 5.05. The fourth-order valence-electron chi connectivity index (χ4n) is 3.95. The summed E-state index contributed by atoms with van der Waals surface area (Å²) in [6.07, 6.45) is 5.14. The lowest BCUT2D eigenvalue weighted by atomic mass is 9.86. The summed E-state index contributed by atoms with van der Waals surface area (Å²) in [7, 11) is 0. The molecule has 1 aromatic rings. The van der Waals surface area contributed by atoms with E-state index in [1.54, 1.807) is 0 Å². The Bertz CT molecular complexity index is 708. The number of nitrogens with one attached hydrogen (secondary N) is 1. The van der Waals surface area contributed by atoms with Crippen LogP contribution in [-0.4, -0.2) is 23.4 Å². The number of anilines is 1. The molecule has 8 heteroatoms. The number of carbonyl (C=O) groups is 2. The van der Waals surface area contributed by atoms with Crippen molar-refractivity contribution < 1.29 is 19.2 Å². The Morgan fingerprint density at radius 2 is 2.12 bits per heavy atom. The molecule has 0 heterocycles. The van der Waals surface area contributed by atoms with Crippen LogP contribution in [-0.2, 0) is 14.3 Å². The number of hydrogen-bond donors (Lipinski definition) is 1. The lowest BCUT2D eigenvalue weighted by Gasteiger charge is -2.20. The summed E-state index contributed by atoms with van der Waals surface area (Å²) in [6, 6.07) is 3.73. The minimum atomic E-state index is -0.574. The van der Waals surface area contributed by atoms with E-state index < -0.39 is 17.4 Å². The molecule has 0 radical (unpaired) electrons. The Morgan fingerprint density at radius 3 is 2.72 bits per heavy atom. The molecular weight excluding hydrogens is 348 g/mol. The van der Waals surface area contributed by atoms with Crippen molar-refractivity contribution in [1.29, 1.82) is 0 Å². The molecule has 0 spiro atoms. The van der Waals surface area contributed by atoms with Gasteiger partial charge in [-0.25, -0.2) is 0 Å². The molecule has 2 bridgehead atoms. The summed E-state index contributed by atoms with van der Waals surface area (Å²) in [5.41, 5.74) is 0.0710. The maximum absolute atomic E-state index is 11.9. The van der Waals surface area contributed by atoms with E-state index >= 15 is 0 Å². The third-order valence-electron chi connectivity index (χ3n) is 5.12. The Hall–Kier alpha value is -2.15. The van der Waals surface area contributed by atoms with Crippen molar-refractivity contribution in [1.82, 2.24) is 0 Å². The number of hydrogen-bond acceptors (Lipinski definition) is 5. The van der Waals surface area contributed by atoms with Crippen LogP contribution in [0, 0.1) is 27.9 Å². The largest absolute Gasteiger partial charge is 0.456 e. The molecular formula is C17H19ClN2O5. The molecule has 1 N–H and O–H groups in total. The third kappa shape index (κ3) is 4.28. The number of nitro benzene ring substituents is 1. The van der Waals surface area contributed by atoms with E-state index in [2.05, 4.69) is 5.32 Å². The molecule has 3 rings (SSSR count). The lowest BCUT2D eigenvalue weighted by Crippen LogP contribution is -2.23. The van der Waals surface area contributed by atoms with E-state index in [9.17, 15) is 19.7 Å². The third-order valence-corrected chi connectivity index (χ3v) is 5.43. The van der Waals surface area contributed by atoms with Gasteiger partial charge < -0.3 is 10.1 Å². The summed E-state index contributed by atoms with van der Waals surface area (Å²) >= 11 is 5.90. The Labute approximate surface area is 149 Å². The molecule has 0 aromatic heterocycles. The molecule has 2 fully saturated rings. The number of nitro groups is 1. The van der Waals surface area contributed by atoms with Gasteiger partial charge in [0.05, 0.1) is 15.6 Å². The summed E-state index contributed by atoms with van der Waals surface area (Å²) in [6.45, 7) is -0.396. The number of halogens is 1. The zero-order valence-corrected chi connectivity index (χ0v) is 14.3. The molecule has 0 unspecified atom stereocenters. The fraction of sp³-hybridized carbons (Fsp3) is 0.529. The quantitative estimate of drug-likeness (QED) is 0.471. The smallest absolute Gasteiger partial charge is 0.306 e. The van der Waals surface area contributed by atoms with E-state index in [4.69, 9.17) is 16.3 Å². The van der Waals surface area contributed by atoms with Crippen molar-refractivity contribution in [3.05, 3.63) is 33.3 Å². The van der Waals surface area contributed by atoms with Crippen molar-refractivity contribution in [3.63, 3.8) is 0 Å². The maximum Gasteiger partial charge on any atom is 0.306 e. The van der Waals surface area contributed by atoms with Crippen molar-refractivity contribution in [3.8, 4) is 0 Å². The van der Waals surface area contributed by atoms with Crippen molar-refractivity contribution in [2.45, 2.75) is 32.1 Å². The number of amides is 1. The first-order valence-corrected chi connectivity index (χ1v) is 8.69. The van der Waals surface area contributed by atoms with Crippen LogP contribution >= 0.6 is 11.6 Å². The number of esters is 1. The topological polar surface area (TPSA) is 98.5 Å². The Morgan fingerprint density at radius 1 is 1.32 bits per heavy atom. The highest BCUT2D eigenvalue weighted by atomic mass is 35.5. The van der Waals surface area contributed by atoms with Gasteiger partial charge >= 0.3 is 5.97 Å². The second-order valence-electron chi connectivity index (χ2n) is 6.77. The highest BCUT2D eigenvalue weighted by Crippen LogP contribution is 2.49. The molecule has 0 saturated heterocycles. The molecule has 134 valence electrons. The Kier molecular flexibility index (Phi) is 5.22. The highest BCUT2D eigenvalue weighted by Gasteiger charge is 2.40. The van der Waals surface area contributed by atoms with Gasteiger partial charge in [0.1, 0.15) is 0 Å². The van der Waals surface area contributed by atoms with E-state index in [1.807, 2.05) is 0 Å². The van der Waals surface area contributed by atoms with Gasteiger partial charge in [-0.2, -0.15) is 0 Å². The monoisotopic (exact) mass is 366 g/mol. The second kappa shape index (κ2) is 7.39. The number of nitrogens with zero attached hydrogens (tertiary/aromatic N) is 1. The standard InChI is InChI=1S/C17H19ClN2O5/c18-14-8-13(20(23)24)3-4-15(14)19-16(21)9-25-17(22)7-12-6-10-1-2-11(12)5-10/h3-4,8,10-12H,1-2,5-7,9H2,(H,19,21)/t10-,11-,12-/m1/s1. The zero-order valence-electron chi connectivity index (χ0n) is 13.6. The normalized spacial score (nSPS) is 24.1. The number of carbonyl (C=O) groups excluding carboxylic acids is 2. The molecule has 2 saturated carbocycles. The molecule has 3 atom stereocenters. The number of rotatable bonds is 6. The van der Waals surface area contributed by atoms with E-state index in [0.717, 1.165) is 18.4 Å². The van der Waals surface area contributed by atoms with Gasteiger partial charge in [0.25, 0.3) is 11.6 Å². The van der Waals surface area contributed by atoms with Crippen LogP contribution in [0.15, 0.2) is 18.2 Å². The van der Waals surface area contributed by atoms with Gasteiger partial charge in [-0.1, -0.05) is 18.0 Å². The van der Waals surface area contributed by atoms with Crippen molar-refractivity contribution in [2.75, 3.05) is 11.9 Å². The molecule has 25 heavy (non-hydrogen) atoms. The summed E-state index contributed by atoms with van der Waals surface area (Å²) in [4.78, 5) is 33.9. The van der Waals surface area contributed by atoms with Crippen LogP contribution < -0.4 is 5.32 Å². The van der Waals surface area contributed by atoms with E-state index in [-0.39, 0.29) is 22.4 Å². The van der Waals surface area contributed by atoms with Gasteiger partial charge in [-0.15, -0.1) is 0 Å². The molecule has 2 aliphatic rings. The number of ether oxygens (including phenoxy) is 1. The van der Waals surface area contributed by atoms with Crippen LogP contribution in [0.5, 0.6) is 0 Å². The molecule has 1 amide bonds. The predicted molar refractivity (Wildman–Crippen MR) is 91.3 cm³/mol. The lowest BCUT2D eigenvalue weighted by molar-refractivity contribution is -0.384. The fourth-order valence-corrected chi connectivity index (χ4v) is 4.17. The molecule has 7 nitrogen and oxygen atoms in total. The second-order valence-corrected chi connectivity index (χ2v) is 7.18. The van der Waals surface area contributed by atoms with Gasteiger partial charge in [0.15, 0.2) is 6.61 Å². The van der Waals surface area contributed by atoms with Crippen LogP contribution in [0.1, 0.15) is 32.1 Å². The average molecular weight is 367 g/mol. The van der Waals surface area contributed by atoms with E-state index in [1.165, 1.54) is 31.4 Å². The first-order valence-electron chi connectivity index (χ1n) is 8.31. The van der Waals surface area contributed by atoms with Crippen LogP contribution in [0.2, 0.25) is 5.02 Å². The SMILES string of the molecule is O=C(COC(=O)C[C@H]1C[C@@H]2CC[C@@H]1C2)Nc1ccc([N+](=O)[O-])cc1Cl. The van der Waals surface area contributed by atoms with Crippen LogP contribution in [0.3, 0.4) is 0 Å². The van der Waals surface area contributed by atoms with Crippen molar-refractivity contribution >= 4 is 34.9 Å². The molecule has 0 aliphatic heterocycles. The highest BCUT2D eigenvalue weighted by molar-refractivity contribution is 6.34. The molecule has 1 aromatic carbocycles. The number of non-ortho nitro benzene ring substituents is 1. The Balaban J connectivity index is 1.45. The van der Waals surface area contributed by atoms with Crippen LogP contribution in [0.4, 0.5) is 11.4 Å². The van der Waals surface area contributed by atoms with Gasteiger partial charge in [0, 0.05) is 18.6 Å². The molecule has 2 aliphatic carbocycles. The minimum Gasteiger partial charge on any atom is -0.456 e. The maximum atomic E-state index is 11.9. The van der Waals surface area contributed by atoms with Gasteiger partial charge in [0.2, 0.25) is 0 Å². The minimum absolute atomic E-state index is 0.0517.